The van der Waals surface area contributed by atoms with Crippen molar-refractivity contribution >= 4 is 34.1 Å². The smallest absolute Gasteiger partial charge is 0.316 e. The predicted molar refractivity (Wildman–Crippen MR) is 190 cm³/mol. The molecule has 1 spiro atoms. The quantitative estimate of drug-likeness (QED) is 0.198. The van der Waals surface area contributed by atoms with Crippen molar-refractivity contribution in [2.75, 3.05) is 24.5 Å². The van der Waals surface area contributed by atoms with Gasteiger partial charge in [0.1, 0.15) is 11.2 Å². The maximum atomic E-state index is 13.8. The number of nitrogens with one attached hydrogen (secondary N) is 1. The number of hydrogen-bond acceptors (Lipinski definition) is 5. The normalized spacial score (nSPS) is 17.4. The number of benzene rings is 5. The highest BCUT2D eigenvalue weighted by Crippen LogP contribution is 2.45. The van der Waals surface area contributed by atoms with E-state index in [0.29, 0.717) is 0 Å². The van der Waals surface area contributed by atoms with E-state index in [2.05, 4.69) is 150 Å². The van der Waals surface area contributed by atoms with Gasteiger partial charge in [-0.2, -0.15) is 13.5 Å². The minimum atomic E-state index is -0.754. The van der Waals surface area contributed by atoms with Gasteiger partial charge in [-0.25, -0.2) is 4.68 Å². The van der Waals surface area contributed by atoms with Crippen molar-refractivity contribution in [3.63, 3.8) is 0 Å². The van der Waals surface area contributed by atoms with Gasteiger partial charge in [0.15, 0.2) is 0 Å². The number of hydrogen-bond donors (Lipinski definition) is 1. The van der Waals surface area contributed by atoms with Crippen LogP contribution < -0.4 is 10.2 Å². The standard InChI is InChI=1S/C40H36N4O.O2S/c1-29-17-19-30(20-18-29)37-35-27-34(43-26-24-39(38(43)45)23-25-41-28-39)21-22-36(35)44(42-37)40(31-11-5-2-6-12-31,32-13-7-3-8-14-32)33-15-9-4-10-16-33;1-3-2/h2-22,27,41H,23-26,28H2,1H3;/t39-;/m0./s1. The van der Waals surface area contributed by atoms with Crippen LogP contribution in [0.25, 0.3) is 22.2 Å². The largest absolute Gasteiger partial charge is 0.335 e. The molecule has 0 unspecified atom stereocenters. The summed E-state index contributed by atoms with van der Waals surface area (Å²) in [5.41, 5.74) is 7.44. The number of anilines is 1. The molecule has 1 N–H and O–H groups in total. The zero-order chi connectivity index (χ0) is 33.1. The number of amides is 1. The number of fused-ring (bicyclic) bond motifs is 1. The fourth-order valence-electron chi connectivity index (χ4n) is 7.57. The molecule has 8 rings (SSSR count). The van der Waals surface area contributed by atoms with Crippen molar-refractivity contribution < 1.29 is 13.2 Å². The molecule has 1 aromatic heterocycles. The minimum absolute atomic E-state index is 0.239. The van der Waals surface area contributed by atoms with E-state index in [4.69, 9.17) is 13.5 Å². The van der Waals surface area contributed by atoms with Crippen LogP contribution in [0.1, 0.15) is 35.1 Å². The average molecular weight is 653 g/mol. The molecular weight excluding hydrogens is 617 g/mol. The van der Waals surface area contributed by atoms with E-state index in [0.717, 1.165) is 77.0 Å². The first-order valence-corrected chi connectivity index (χ1v) is 16.9. The Morgan fingerprint density at radius 1 is 0.750 bits per heavy atom. The lowest BCUT2D eigenvalue weighted by atomic mass is 9.77. The molecule has 240 valence electrons. The summed E-state index contributed by atoms with van der Waals surface area (Å²) in [5, 5.41) is 10.0. The monoisotopic (exact) mass is 652 g/mol. The molecule has 6 aromatic rings. The predicted octanol–water partition coefficient (Wildman–Crippen LogP) is 6.90. The highest BCUT2D eigenvalue weighted by molar-refractivity contribution is 7.51. The van der Waals surface area contributed by atoms with E-state index < -0.39 is 17.1 Å². The lowest BCUT2D eigenvalue weighted by Gasteiger charge is -2.37. The molecule has 0 bridgehead atoms. The molecular formula is C40H36N4O3S. The molecule has 2 aliphatic rings. The van der Waals surface area contributed by atoms with Crippen LogP contribution in [0.5, 0.6) is 0 Å². The molecule has 0 saturated carbocycles. The van der Waals surface area contributed by atoms with Gasteiger partial charge in [-0.15, -0.1) is 0 Å². The molecule has 8 heteroatoms. The Morgan fingerprint density at radius 3 is 1.83 bits per heavy atom. The van der Waals surface area contributed by atoms with Crippen LogP contribution in [0, 0.1) is 12.3 Å². The number of nitrogens with zero attached hydrogens (tertiary/aromatic N) is 3. The SMILES string of the molecule is Cc1ccc(-c2nn(C(c3ccccc3)(c3ccccc3)c3ccccc3)c3ccc(N4CC[C@]5(CCNC5)C4=O)cc23)cc1.O=S=O. The molecule has 1 atom stereocenters. The first-order valence-electron chi connectivity index (χ1n) is 16.2. The van der Waals surface area contributed by atoms with Gasteiger partial charge >= 0.3 is 11.6 Å². The zero-order valence-corrected chi connectivity index (χ0v) is 27.5. The lowest BCUT2D eigenvalue weighted by Crippen LogP contribution is -2.38. The molecule has 0 aliphatic carbocycles. The van der Waals surface area contributed by atoms with Gasteiger partial charge in [-0.3, -0.25) is 4.79 Å². The van der Waals surface area contributed by atoms with E-state index in [1.165, 1.54) is 5.56 Å². The summed E-state index contributed by atoms with van der Waals surface area (Å²) in [7, 11) is 0. The number of carbonyl (C=O) groups excluding carboxylic acids is 1. The fraction of sp³-hybridized carbons (Fsp3) is 0.200. The van der Waals surface area contributed by atoms with Gasteiger partial charge in [0, 0.05) is 29.7 Å². The van der Waals surface area contributed by atoms with E-state index >= 15 is 0 Å². The molecule has 0 radical (unpaired) electrons. The molecule has 3 heterocycles. The van der Waals surface area contributed by atoms with Gasteiger partial charge in [0.25, 0.3) is 0 Å². The highest BCUT2D eigenvalue weighted by atomic mass is 32.1. The van der Waals surface area contributed by atoms with Crippen LogP contribution in [0.2, 0.25) is 0 Å². The second kappa shape index (κ2) is 13.1. The van der Waals surface area contributed by atoms with Gasteiger partial charge in [0.2, 0.25) is 5.91 Å². The number of rotatable bonds is 6. The van der Waals surface area contributed by atoms with Crippen molar-refractivity contribution in [2.24, 2.45) is 5.41 Å². The number of aromatic nitrogens is 2. The molecule has 2 fully saturated rings. The molecule has 2 aliphatic heterocycles. The van der Waals surface area contributed by atoms with Crippen LogP contribution in [-0.4, -0.2) is 43.7 Å². The van der Waals surface area contributed by atoms with Crippen molar-refractivity contribution in [3.8, 4) is 11.3 Å². The Morgan fingerprint density at radius 2 is 1.31 bits per heavy atom. The van der Waals surface area contributed by atoms with Crippen molar-refractivity contribution in [1.29, 1.82) is 0 Å². The van der Waals surface area contributed by atoms with Crippen LogP contribution in [0.3, 0.4) is 0 Å². The molecule has 2 saturated heterocycles. The third-order valence-electron chi connectivity index (χ3n) is 9.95. The van der Waals surface area contributed by atoms with Crippen LogP contribution >= 0.6 is 0 Å². The maximum absolute atomic E-state index is 13.8. The van der Waals surface area contributed by atoms with Gasteiger partial charge in [-0.05, 0) is 61.2 Å². The van der Waals surface area contributed by atoms with E-state index in [9.17, 15) is 4.79 Å². The maximum Gasteiger partial charge on any atom is 0.335 e. The second-order valence-corrected chi connectivity index (χ2v) is 12.8. The van der Waals surface area contributed by atoms with Gasteiger partial charge in [0.05, 0.1) is 10.9 Å². The van der Waals surface area contributed by atoms with Crippen molar-refractivity contribution in [1.82, 2.24) is 15.1 Å². The minimum Gasteiger partial charge on any atom is -0.316 e. The molecule has 48 heavy (non-hydrogen) atoms. The summed E-state index contributed by atoms with van der Waals surface area (Å²) >= 11 is -0.750. The van der Waals surface area contributed by atoms with Crippen molar-refractivity contribution in [2.45, 2.75) is 25.3 Å². The Hall–Kier alpha value is -5.18. The van der Waals surface area contributed by atoms with E-state index in [1.54, 1.807) is 0 Å². The van der Waals surface area contributed by atoms with E-state index in [1.807, 2.05) is 4.90 Å². The topological polar surface area (TPSA) is 84.3 Å². The summed E-state index contributed by atoms with van der Waals surface area (Å²) in [4.78, 5) is 15.8. The first kappa shape index (κ1) is 31.4. The second-order valence-electron chi connectivity index (χ2n) is 12.6. The van der Waals surface area contributed by atoms with Gasteiger partial charge < -0.3 is 10.2 Å². The summed E-state index contributed by atoms with van der Waals surface area (Å²) in [6, 6.07) is 47.1. The lowest BCUT2D eigenvalue weighted by molar-refractivity contribution is -0.124. The molecule has 5 aromatic carbocycles. The Balaban J connectivity index is 0.00000117. The Labute approximate surface area is 283 Å². The molecule has 1 amide bonds. The third-order valence-corrected chi connectivity index (χ3v) is 9.95. The summed E-state index contributed by atoms with van der Waals surface area (Å²) < 4.78 is 18.8. The summed E-state index contributed by atoms with van der Waals surface area (Å²) in [6.07, 6.45) is 1.80. The van der Waals surface area contributed by atoms with Crippen LogP contribution in [-0.2, 0) is 21.9 Å². The van der Waals surface area contributed by atoms with E-state index in [-0.39, 0.29) is 11.3 Å². The van der Waals surface area contributed by atoms with Crippen molar-refractivity contribution in [3.05, 3.63) is 156 Å². The van der Waals surface area contributed by atoms with Crippen LogP contribution in [0.15, 0.2) is 133 Å². The summed E-state index contributed by atoms with van der Waals surface area (Å²) in [6.45, 7) is 4.52. The number of aryl methyl sites for hydroxylation is 1. The molecule has 7 nitrogen and oxygen atoms in total. The Bertz CT molecular complexity index is 1990. The third kappa shape index (κ3) is 5.27. The average Bonchev–Trinajstić information content (AvgIpc) is 3.85. The fourth-order valence-corrected chi connectivity index (χ4v) is 7.57. The summed E-state index contributed by atoms with van der Waals surface area (Å²) in [5.74, 6) is 0.239. The number of carbonyl (C=O) groups is 1. The zero-order valence-electron chi connectivity index (χ0n) is 26.7. The highest BCUT2D eigenvalue weighted by Gasteiger charge is 2.49. The Kier molecular flexibility index (Phi) is 8.60. The first-order chi connectivity index (χ1) is 23.5. The van der Waals surface area contributed by atoms with Gasteiger partial charge in [-0.1, -0.05) is 121 Å². The van der Waals surface area contributed by atoms with Crippen LogP contribution in [0.4, 0.5) is 5.69 Å².